The van der Waals surface area contributed by atoms with Crippen molar-refractivity contribution in [3.63, 3.8) is 0 Å². The van der Waals surface area contributed by atoms with Crippen molar-refractivity contribution in [2.75, 3.05) is 6.54 Å². The number of benzene rings is 2. The zero-order valence-electron chi connectivity index (χ0n) is 12.5. The highest BCUT2D eigenvalue weighted by Gasteiger charge is 2.17. The molecule has 2 rings (SSSR count). The zero-order chi connectivity index (χ0) is 17.9. The van der Waals surface area contributed by atoms with Gasteiger partial charge in [0.1, 0.15) is 0 Å². The average Bonchev–Trinajstić information content (AvgIpc) is 2.52. The number of halogens is 2. The third-order valence-corrected chi connectivity index (χ3v) is 4.17. The maximum Gasteiger partial charge on any atom is 0.335 e. The Kier molecular flexibility index (Phi) is 5.83. The summed E-state index contributed by atoms with van der Waals surface area (Å²) in [6.07, 6.45) is -0.104. The Hall–Kier alpha value is -2.08. The first-order chi connectivity index (χ1) is 11.3. The number of carboxylic acid groups (broad SMARTS) is 2. The molecule has 0 radical (unpaired) electrons. The largest absolute Gasteiger partial charge is 0.481 e. The Morgan fingerprint density at radius 3 is 2.38 bits per heavy atom. The Morgan fingerprint density at radius 2 is 1.79 bits per heavy atom. The molecule has 0 saturated carbocycles. The van der Waals surface area contributed by atoms with E-state index in [1.807, 2.05) is 0 Å². The van der Waals surface area contributed by atoms with Crippen molar-refractivity contribution in [1.29, 1.82) is 0 Å². The molecule has 0 aliphatic rings. The lowest BCUT2D eigenvalue weighted by molar-refractivity contribution is -0.137. The molecule has 1 unspecified atom stereocenters. The molecule has 2 aromatic carbocycles. The van der Waals surface area contributed by atoms with Crippen LogP contribution < -0.4 is 5.73 Å². The zero-order valence-corrected chi connectivity index (χ0v) is 14.0. The number of nitrogens with two attached hydrogens (primary N) is 1. The standard InChI is InChI=1S/C17H15Cl2NO4/c18-13-4-10(3-11(5-13)17(23)24)14-6-9(1-2-15(14)19)12(8-20)7-16(21)22/h1-6,12H,7-8,20H2,(H,21,22)(H,23,24). The number of carbonyl (C=O) groups is 2. The third kappa shape index (κ3) is 4.26. The summed E-state index contributed by atoms with van der Waals surface area (Å²) in [7, 11) is 0. The minimum atomic E-state index is -1.10. The molecule has 0 spiro atoms. The molecule has 0 bridgehead atoms. The lowest BCUT2D eigenvalue weighted by Crippen LogP contribution is -2.16. The van der Waals surface area contributed by atoms with Gasteiger partial charge in [0.05, 0.1) is 12.0 Å². The van der Waals surface area contributed by atoms with Crippen molar-refractivity contribution in [2.45, 2.75) is 12.3 Å². The number of hydrogen-bond donors (Lipinski definition) is 3. The maximum atomic E-state index is 11.2. The highest BCUT2D eigenvalue weighted by atomic mass is 35.5. The van der Waals surface area contributed by atoms with Crippen molar-refractivity contribution in [3.05, 3.63) is 57.6 Å². The lowest BCUT2D eigenvalue weighted by Gasteiger charge is -2.15. The lowest BCUT2D eigenvalue weighted by atomic mass is 9.92. The van der Waals surface area contributed by atoms with Crippen LogP contribution in [0.3, 0.4) is 0 Å². The van der Waals surface area contributed by atoms with Gasteiger partial charge < -0.3 is 15.9 Å². The highest BCUT2D eigenvalue weighted by molar-refractivity contribution is 6.34. The van der Waals surface area contributed by atoms with E-state index in [2.05, 4.69) is 0 Å². The molecule has 4 N–H and O–H groups in total. The number of carboxylic acids is 2. The molecule has 5 nitrogen and oxygen atoms in total. The fourth-order valence-electron chi connectivity index (χ4n) is 2.43. The van der Waals surface area contributed by atoms with Crippen LogP contribution in [-0.2, 0) is 4.79 Å². The van der Waals surface area contributed by atoms with Crippen LogP contribution in [0.1, 0.15) is 28.3 Å². The van der Waals surface area contributed by atoms with Crippen LogP contribution in [0.2, 0.25) is 10.0 Å². The van der Waals surface area contributed by atoms with Crippen molar-refractivity contribution in [2.24, 2.45) is 5.73 Å². The molecule has 0 saturated heterocycles. The van der Waals surface area contributed by atoms with Gasteiger partial charge in [0.2, 0.25) is 0 Å². The Labute approximate surface area is 148 Å². The van der Waals surface area contributed by atoms with Gasteiger partial charge in [0.15, 0.2) is 0 Å². The van der Waals surface area contributed by atoms with E-state index >= 15 is 0 Å². The van der Waals surface area contributed by atoms with Gasteiger partial charge in [0.25, 0.3) is 0 Å². The van der Waals surface area contributed by atoms with Crippen LogP contribution in [-0.4, -0.2) is 28.7 Å². The Balaban J connectivity index is 2.53. The van der Waals surface area contributed by atoms with Gasteiger partial charge in [-0.3, -0.25) is 4.79 Å². The summed E-state index contributed by atoms with van der Waals surface area (Å²) in [4.78, 5) is 22.2. The van der Waals surface area contributed by atoms with E-state index < -0.39 is 11.9 Å². The average molecular weight is 368 g/mol. The van der Waals surface area contributed by atoms with Crippen LogP contribution in [0.15, 0.2) is 36.4 Å². The summed E-state index contributed by atoms with van der Waals surface area (Å²) in [6, 6.07) is 9.49. The predicted molar refractivity (Wildman–Crippen MR) is 92.9 cm³/mol. The minimum absolute atomic E-state index is 0.0416. The summed E-state index contributed by atoms with van der Waals surface area (Å²) >= 11 is 12.2. The predicted octanol–water partition coefficient (Wildman–Crippen LogP) is 3.88. The summed E-state index contributed by atoms with van der Waals surface area (Å²) in [5, 5.41) is 18.8. The normalized spacial score (nSPS) is 12.0. The third-order valence-electron chi connectivity index (χ3n) is 3.62. The van der Waals surface area contributed by atoms with E-state index in [0.29, 0.717) is 16.1 Å². The molecule has 0 fully saturated rings. The first kappa shape index (κ1) is 18.3. The van der Waals surface area contributed by atoms with Gasteiger partial charge in [-0.05, 0) is 48.0 Å². The van der Waals surface area contributed by atoms with Crippen molar-refractivity contribution < 1.29 is 19.8 Å². The first-order valence-electron chi connectivity index (χ1n) is 7.07. The second-order valence-corrected chi connectivity index (χ2v) is 6.15. The van der Waals surface area contributed by atoms with Crippen molar-refractivity contribution in [1.82, 2.24) is 0 Å². The van der Waals surface area contributed by atoms with Gasteiger partial charge in [-0.25, -0.2) is 4.79 Å². The number of aliphatic carboxylic acids is 1. The molecular weight excluding hydrogens is 353 g/mol. The van der Waals surface area contributed by atoms with Crippen LogP contribution in [0, 0.1) is 0 Å². The quantitative estimate of drug-likeness (QED) is 0.719. The van der Waals surface area contributed by atoms with Gasteiger partial charge in [0, 0.05) is 21.5 Å². The van der Waals surface area contributed by atoms with Crippen LogP contribution in [0.4, 0.5) is 0 Å². The van der Waals surface area contributed by atoms with E-state index in [-0.39, 0.29) is 29.5 Å². The van der Waals surface area contributed by atoms with Gasteiger partial charge in [-0.15, -0.1) is 0 Å². The van der Waals surface area contributed by atoms with Crippen molar-refractivity contribution in [3.8, 4) is 11.1 Å². The molecule has 0 aromatic heterocycles. The molecule has 2 aromatic rings. The number of hydrogen-bond acceptors (Lipinski definition) is 3. The topological polar surface area (TPSA) is 101 Å². The fourth-order valence-corrected chi connectivity index (χ4v) is 2.90. The van der Waals surface area contributed by atoms with Gasteiger partial charge in [-0.2, -0.15) is 0 Å². The summed E-state index contributed by atoms with van der Waals surface area (Å²) in [6.45, 7) is 0.170. The molecule has 126 valence electrons. The molecule has 1 atom stereocenters. The minimum Gasteiger partial charge on any atom is -0.481 e. The fraction of sp³-hybridized carbons (Fsp3) is 0.176. The monoisotopic (exact) mass is 367 g/mol. The Morgan fingerprint density at radius 1 is 1.08 bits per heavy atom. The molecule has 0 aliphatic carbocycles. The second kappa shape index (κ2) is 7.66. The van der Waals surface area contributed by atoms with Crippen molar-refractivity contribution >= 4 is 35.1 Å². The first-order valence-corrected chi connectivity index (χ1v) is 7.83. The maximum absolute atomic E-state index is 11.2. The number of rotatable bonds is 6. The number of aromatic carboxylic acids is 1. The Bertz CT molecular complexity index is 792. The van der Waals surface area contributed by atoms with Crippen LogP contribution in [0.25, 0.3) is 11.1 Å². The van der Waals surface area contributed by atoms with E-state index in [1.54, 1.807) is 24.3 Å². The van der Waals surface area contributed by atoms with Gasteiger partial charge >= 0.3 is 11.9 Å². The summed E-state index contributed by atoms with van der Waals surface area (Å²) in [5.41, 5.74) is 7.54. The smallest absolute Gasteiger partial charge is 0.335 e. The van der Waals surface area contributed by atoms with Crippen LogP contribution in [0.5, 0.6) is 0 Å². The van der Waals surface area contributed by atoms with E-state index in [4.69, 9.17) is 39.1 Å². The highest BCUT2D eigenvalue weighted by Crippen LogP contribution is 2.34. The molecule has 0 aliphatic heterocycles. The van der Waals surface area contributed by atoms with E-state index in [0.717, 1.165) is 5.56 Å². The summed E-state index contributed by atoms with van der Waals surface area (Å²) < 4.78 is 0. The van der Waals surface area contributed by atoms with E-state index in [9.17, 15) is 9.59 Å². The molecule has 0 heterocycles. The molecule has 0 amide bonds. The second-order valence-electron chi connectivity index (χ2n) is 5.30. The van der Waals surface area contributed by atoms with Crippen LogP contribution >= 0.6 is 23.2 Å². The molecule has 7 heteroatoms. The summed E-state index contributed by atoms with van der Waals surface area (Å²) in [5.74, 6) is -2.41. The molecular formula is C17H15Cl2NO4. The molecule has 24 heavy (non-hydrogen) atoms. The van der Waals surface area contributed by atoms with Gasteiger partial charge in [-0.1, -0.05) is 29.3 Å². The van der Waals surface area contributed by atoms with E-state index in [1.165, 1.54) is 12.1 Å². The SMILES string of the molecule is NCC(CC(=O)O)c1ccc(Cl)c(-c2cc(Cl)cc(C(=O)O)c2)c1.